The van der Waals surface area contributed by atoms with Crippen molar-refractivity contribution in [3.63, 3.8) is 0 Å². The minimum Gasteiger partial charge on any atom is -0.491 e. The highest BCUT2D eigenvalue weighted by molar-refractivity contribution is 5.80. The van der Waals surface area contributed by atoms with Gasteiger partial charge in [0.05, 0.1) is 7.11 Å². The number of likely N-dealkylation sites (tertiary alicyclic amines) is 1. The molecular weight excluding hydrogens is 256 g/mol. The van der Waals surface area contributed by atoms with Crippen LogP contribution in [0.4, 0.5) is 0 Å². The molecule has 1 aliphatic heterocycles. The molecule has 5 heteroatoms. The third-order valence-electron chi connectivity index (χ3n) is 3.85. The predicted octanol–water partition coefficient (Wildman–Crippen LogP) is 1.82. The zero-order chi connectivity index (χ0) is 14.5. The van der Waals surface area contributed by atoms with Gasteiger partial charge in [-0.05, 0) is 31.9 Å². The van der Waals surface area contributed by atoms with Crippen LogP contribution in [-0.4, -0.2) is 35.6 Å². The second kappa shape index (κ2) is 6.59. The van der Waals surface area contributed by atoms with Gasteiger partial charge in [0.25, 0.3) is 5.56 Å². The van der Waals surface area contributed by atoms with Gasteiger partial charge in [0.1, 0.15) is 6.04 Å². The summed E-state index contributed by atoms with van der Waals surface area (Å²) < 4.78 is 6.47. The van der Waals surface area contributed by atoms with Crippen LogP contribution in [0.3, 0.4) is 0 Å². The quantitative estimate of drug-likeness (QED) is 0.847. The van der Waals surface area contributed by atoms with E-state index in [1.807, 2.05) is 4.90 Å². The van der Waals surface area contributed by atoms with Crippen molar-refractivity contribution in [2.24, 2.45) is 0 Å². The van der Waals surface area contributed by atoms with Crippen molar-refractivity contribution >= 4 is 5.91 Å². The molecule has 0 bridgehead atoms. The lowest BCUT2D eigenvalue weighted by Crippen LogP contribution is -2.39. The molecular formula is C15H22N2O3. The lowest BCUT2D eigenvalue weighted by Gasteiger charge is -2.25. The summed E-state index contributed by atoms with van der Waals surface area (Å²) in [5.74, 6) is 0.283. The van der Waals surface area contributed by atoms with Gasteiger partial charge in [-0.2, -0.15) is 0 Å². The van der Waals surface area contributed by atoms with E-state index >= 15 is 0 Å². The molecule has 0 spiro atoms. The van der Waals surface area contributed by atoms with Crippen molar-refractivity contribution in [2.45, 2.75) is 38.6 Å². The smallest absolute Gasteiger partial charge is 0.293 e. The van der Waals surface area contributed by atoms with Gasteiger partial charge >= 0.3 is 0 Å². The van der Waals surface area contributed by atoms with Gasteiger partial charge in [-0.1, -0.05) is 12.8 Å². The van der Waals surface area contributed by atoms with Crippen molar-refractivity contribution in [3.05, 3.63) is 28.7 Å². The topological polar surface area (TPSA) is 51.5 Å². The Balaban J connectivity index is 2.19. The van der Waals surface area contributed by atoms with Crippen LogP contribution in [0, 0.1) is 0 Å². The number of carbonyl (C=O) groups excluding carboxylic acids is 1. The lowest BCUT2D eigenvalue weighted by molar-refractivity contribution is -0.134. The fourth-order valence-corrected chi connectivity index (χ4v) is 2.62. The molecule has 1 amide bonds. The van der Waals surface area contributed by atoms with Crippen molar-refractivity contribution in [2.75, 3.05) is 20.2 Å². The van der Waals surface area contributed by atoms with Crippen LogP contribution in [0.2, 0.25) is 0 Å². The maximum atomic E-state index is 12.5. The van der Waals surface area contributed by atoms with E-state index in [0.717, 1.165) is 25.9 Å². The fourth-order valence-electron chi connectivity index (χ4n) is 2.62. The number of amides is 1. The number of carbonyl (C=O) groups is 1. The molecule has 110 valence electrons. The average Bonchev–Trinajstić information content (AvgIpc) is 2.75. The number of methoxy groups -OCH3 is 1. The zero-order valence-electron chi connectivity index (χ0n) is 12.2. The Bertz CT molecular complexity index is 516. The second-order valence-corrected chi connectivity index (χ2v) is 5.20. The molecule has 5 nitrogen and oxygen atoms in total. The minimum absolute atomic E-state index is 0.0160. The molecule has 1 aliphatic rings. The molecule has 2 heterocycles. The standard InChI is InChI=1S/C15H22N2O3/c1-12(14(18)16-9-5-3-4-6-10-16)17-11-7-8-13(20-2)15(17)19/h7-8,11-12H,3-6,9-10H2,1-2H3. The number of aromatic nitrogens is 1. The summed E-state index contributed by atoms with van der Waals surface area (Å²) >= 11 is 0. The van der Waals surface area contributed by atoms with Crippen LogP contribution in [0.1, 0.15) is 38.6 Å². The number of hydrogen-bond acceptors (Lipinski definition) is 3. The Kier molecular flexibility index (Phi) is 4.82. The van der Waals surface area contributed by atoms with E-state index in [1.165, 1.54) is 24.5 Å². The number of pyridine rings is 1. The van der Waals surface area contributed by atoms with Gasteiger partial charge in [-0.3, -0.25) is 9.59 Å². The van der Waals surface area contributed by atoms with E-state index < -0.39 is 6.04 Å². The molecule has 0 radical (unpaired) electrons. The Labute approximate surface area is 119 Å². The molecule has 0 saturated carbocycles. The van der Waals surface area contributed by atoms with E-state index in [9.17, 15) is 9.59 Å². The van der Waals surface area contributed by atoms with Crippen molar-refractivity contribution < 1.29 is 9.53 Å². The van der Waals surface area contributed by atoms with Gasteiger partial charge in [0.15, 0.2) is 5.75 Å². The molecule has 1 fully saturated rings. The third-order valence-corrected chi connectivity index (χ3v) is 3.85. The van der Waals surface area contributed by atoms with E-state index in [1.54, 1.807) is 25.3 Å². The maximum Gasteiger partial charge on any atom is 0.293 e. The molecule has 1 atom stereocenters. The Morgan fingerprint density at radius 1 is 1.25 bits per heavy atom. The molecule has 1 aromatic rings. The molecule has 0 aliphatic carbocycles. The maximum absolute atomic E-state index is 12.5. The zero-order valence-corrected chi connectivity index (χ0v) is 12.2. The number of hydrogen-bond donors (Lipinski definition) is 0. The predicted molar refractivity (Wildman–Crippen MR) is 77.0 cm³/mol. The van der Waals surface area contributed by atoms with Crippen LogP contribution in [-0.2, 0) is 4.79 Å². The highest BCUT2D eigenvalue weighted by Crippen LogP contribution is 2.15. The minimum atomic E-state index is -0.490. The SMILES string of the molecule is COc1cccn(C(C)C(=O)N2CCCCCC2)c1=O. The first-order valence-corrected chi connectivity index (χ1v) is 7.19. The van der Waals surface area contributed by atoms with Gasteiger partial charge in [0.2, 0.25) is 5.91 Å². The number of nitrogens with zero attached hydrogens (tertiary/aromatic N) is 2. The summed E-state index contributed by atoms with van der Waals surface area (Å²) in [6.45, 7) is 3.36. The van der Waals surface area contributed by atoms with Crippen molar-refractivity contribution in [1.82, 2.24) is 9.47 Å². The van der Waals surface area contributed by atoms with E-state index in [-0.39, 0.29) is 17.2 Å². The summed E-state index contributed by atoms with van der Waals surface area (Å²) in [7, 11) is 1.46. The number of rotatable bonds is 3. The van der Waals surface area contributed by atoms with Crippen LogP contribution in [0.5, 0.6) is 5.75 Å². The van der Waals surface area contributed by atoms with Crippen LogP contribution in [0.25, 0.3) is 0 Å². The lowest BCUT2D eigenvalue weighted by atomic mass is 10.2. The van der Waals surface area contributed by atoms with E-state index in [2.05, 4.69) is 0 Å². The Hall–Kier alpha value is -1.78. The molecule has 0 aromatic carbocycles. The Morgan fingerprint density at radius 3 is 2.50 bits per heavy atom. The average molecular weight is 278 g/mol. The highest BCUT2D eigenvalue weighted by Gasteiger charge is 2.23. The molecule has 1 saturated heterocycles. The molecule has 1 unspecified atom stereocenters. The number of ether oxygens (including phenoxy) is 1. The normalized spacial score (nSPS) is 17.4. The molecule has 0 N–H and O–H groups in total. The third kappa shape index (κ3) is 3.03. The summed E-state index contributed by atoms with van der Waals surface area (Å²) in [5.41, 5.74) is -0.259. The van der Waals surface area contributed by atoms with Crippen LogP contribution >= 0.6 is 0 Å². The van der Waals surface area contributed by atoms with Crippen molar-refractivity contribution in [3.8, 4) is 5.75 Å². The van der Waals surface area contributed by atoms with Crippen molar-refractivity contribution in [1.29, 1.82) is 0 Å². The monoisotopic (exact) mass is 278 g/mol. The largest absolute Gasteiger partial charge is 0.491 e. The second-order valence-electron chi connectivity index (χ2n) is 5.20. The first kappa shape index (κ1) is 14.6. The van der Waals surface area contributed by atoms with Gasteiger partial charge in [-0.25, -0.2) is 0 Å². The first-order chi connectivity index (χ1) is 9.65. The Morgan fingerprint density at radius 2 is 1.90 bits per heavy atom. The molecule has 20 heavy (non-hydrogen) atoms. The summed E-state index contributed by atoms with van der Waals surface area (Å²) in [6.07, 6.45) is 6.09. The van der Waals surface area contributed by atoms with Gasteiger partial charge < -0.3 is 14.2 Å². The first-order valence-electron chi connectivity index (χ1n) is 7.19. The van der Waals surface area contributed by atoms with Crippen LogP contribution < -0.4 is 10.3 Å². The van der Waals surface area contributed by atoms with E-state index in [4.69, 9.17) is 4.74 Å². The fraction of sp³-hybridized carbons (Fsp3) is 0.600. The van der Waals surface area contributed by atoms with E-state index in [0.29, 0.717) is 0 Å². The summed E-state index contributed by atoms with van der Waals surface area (Å²) in [5, 5.41) is 0. The summed E-state index contributed by atoms with van der Waals surface area (Å²) in [4.78, 5) is 26.6. The highest BCUT2D eigenvalue weighted by atomic mass is 16.5. The van der Waals surface area contributed by atoms with Gasteiger partial charge in [0, 0.05) is 19.3 Å². The molecule has 1 aromatic heterocycles. The van der Waals surface area contributed by atoms with Gasteiger partial charge in [-0.15, -0.1) is 0 Å². The van der Waals surface area contributed by atoms with Crippen LogP contribution in [0.15, 0.2) is 23.1 Å². The summed E-state index contributed by atoms with van der Waals surface area (Å²) in [6, 6.07) is 2.85. The molecule has 2 rings (SSSR count).